The number of phenols is 1. The van der Waals surface area contributed by atoms with Crippen molar-refractivity contribution >= 4 is 0 Å². The average Bonchev–Trinajstić information content (AvgIpc) is 2.16. The van der Waals surface area contributed by atoms with E-state index >= 15 is 0 Å². The van der Waals surface area contributed by atoms with Crippen LogP contribution in [0.2, 0.25) is 0 Å². The lowest BCUT2D eigenvalue weighted by atomic mass is 9.92. The molecule has 2 N–H and O–H groups in total. The summed E-state index contributed by atoms with van der Waals surface area (Å²) in [7, 11) is 0. The molecule has 0 amide bonds. The van der Waals surface area contributed by atoms with Crippen molar-refractivity contribution in [2.45, 2.75) is 38.1 Å². The Hall–Kier alpha value is -1.02. The van der Waals surface area contributed by atoms with Gasteiger partial charge in [0.25, 0.3) is 0 Å². The summed E-state index contributed by atoms with van der Waals surface area (Å²) in [6.07, 6.45) is 4.05. The number of rotatable bonds is 4. The Balaban J connectivity index is 1.83. The Bertz CT molecular complexity index is 303. The number of aromatic hydroxyl groups is 1. The molecule has 1 aliphatic rings. The zero-order valence-corrected chi connectivity index (χ0v) is 9.24. The molecule has 2 nitrogen and oxygen atoms in total. The standard InChI is InChI=1S/C13H19NO/c1-10(9-14-12-3-2-4-12)11-5-7-13(15)8-6-11/h5-8,10,12,14-15H,2-4,9H2,1H3. The van der Waals surface area contributed by atoms with Gasteiger partial charge in [-0.1, -0.05) is 25.5 Å². The van der Waals surface area contributed by atoms with Crippen LogP contribution in [0.5, 0.6) is 5.75 Å². The number of benzene rings is 1. The molecule has 2 rings (SSSR count). The van der Waals surface area contributed by atoms with Crippen molar-refractivity contribution in [2.75, 3.05) is 6.54 Å². The SMILES string of the molecule is CC(CNC1CCC1)c1ccc(O)cc1. The van der Waals surface area contributed by atoms with Crippen LogP contribution >= 0.6 is 0 Å². The van der Waals surface area contributed by atoms with Crippen LogP contribution < -0.4 is 5.32 Å². The summed E-state index contributed by atoms with van der Waals surface area (Å²) in [5.41, 5.74) is 1.29. The van der Waals surface area contributed by atoms with Gasteiger partial charge in [-0.15, -0.1) is 0 Å². The number of hydrogen-bond donors (Lipinski definition) is 2. The maximum absolute atomic E-state index is 9.19. The summed E-state index contributed by atoms with van der Waals surface area (Å²) in [4.78, 5) is 0. The minimum Gasteiger partial charge on any atom is -0.508 e. The second-order valence-electron chi connectivity index (χ2n) is 4.53. The highest BCUT2D eigenvalue weighted by molar-refractivity contribution is 5.28. The molecule has 2 heteroatoms. The summed E-state index contributed by atoms with van der Waals surface area (Å²) < 4.78 is 0. The van der Waals surface area contributed by atoms with Crippen molar-refractivity contribution in [3.8, 4) is 5.75 Å². The van der Waals surface area contributed by atoms with E-state index in [1.54, 1.807) is 12.1 Å². The fraction of sp³-hybridized carbons (Fsp3) is 0.538. The zero-order chi connectivity index (χ0) is 10.7. The van der Waals surface area contributed by atoms with Crippen LogP contribution in [-0.2, 0) is 0 Å². The van der Waals surface area contributed by atoms with E-state index in [4.69, 9.17) is 0 Å². The second-order valence-corrected chi connectivity index (χ2v) is 4.53. The Morgan fingerprint density at radius 1 is 1.33 bits per heavy atom. The lowest BCUT2D eigenvalue weighted by Gasteiger charge is -2.28. The third kappa shape index (κ3) is 2.72. The fourth-order valence-electron chi connectivity index (χ4n) is 1.88. The largest absolute Gasteiger partial charge is 0.508 e. The van der Waals surface area contributed by atoms with Gasteiger partial charge in [0.15, 0.2) is 0 Å². The van der Waals surface area contributed by atoms with Crippen molar-refractivity contribution in [3.05, 3.63) is 29.8 Å². The van der Waals surface area contributed by atoms with Gasteiger partial charge in [-0.25, -0.2) is 0 Å². The molecule has 1 fully saturated rings. The maximum atomic E-state index is 9.19. The van der Waals surface area contributed by atoms with Crippen molar-refractivity contribution < 1.29 is 5.11 Å². The quantitative estimate of drug-likeness (QED) is 0.792. The Kier molecular flexibility index (Phi) is 3.27. The van der Waals surface area contributed by atoms with E-state index in [0.29, 0.717) is 11.7 Å². The van der Waals surface area contributed by atoms with E-state index < -0.39 is 0 Å². The molecule has 0 spiro atoms. The molecule has 0 aromatic heterocycles. The molecule has 1 aromatic rings. The van der Waals surface area contributed by atoms with Crippen molar-refractivity contribution in [2.24, 2.45) is 0 Å². The molecular formula is C13H19NO. The van der Waals surface area contributed by atoms with Crippen LogP contribution in [0.1, 0.15) is 37.7 Å². The first-order chi connectivity index (χ1) is 7.25. The van der Waals surface area contributed by atoms with Crippen LogP contribution in [0.3, 0.4) is 0 Å². The third-order valence-electron chi connectivity index (χ3n) is 3.28. The predicted octanol–water partition coefficient (Wildman–Crippen LogP) is 2.64. The van der Waals surface area contributed by atoms with E-state index in [9.17, 15) is 5.11 Å². The molecular weight excluding hydrogens is 186 g/mol. The van der Waals surface area contributed by atoms with Gasteiger partial charge in [-0.3, -0.25) is 0 Å². The molecule has 0 bridgehead atoms. The Morgan fingerprint density at radius 3 is 2.53 bits per heavy atom. The minimum absolute atomic E-state index is 0.345. The first kappa shape index (κ1) is 10.5. The lowest BCUT2D eigenvalue weighted by Crippen LogP contribution is -2.37. The van der Waals surface area contributed by atoms with Gasteiger partial charge in [-0.2, -0.15) is 0 Å². The van der Waals surface area contributed by atoms with Crippen molar-refractivity contribution in [3.63, 3.8) is 0 Å². The number of hydrogen-bond acceptors (Lipinski definition) is 2. The molecule has 0 heterocycles. The first-order valence-electron chi connectivity index (χ1n) is 5.78. The highest BCUT2D eigenvalue weighted by Crippen LogP contribution is 2.21. The molecule has 0 saturated heterocycles. The smallest absolute Gasteiger partial charge is 0.115 e. The van der Waals surface area contributed by atoms with Crippen LogP contribution in [-0.4, -0.2) is 17.7 Å². The summed E-state index contributed by atoms with van der Waals surface area (Å²) in [5, 5.41) is 12.8. The Morgan fingerprint density at radius 2 is 2.00 bits per heavy atom. The average molecular weight is 205 g/mol. The molecule has 15 heavy (non-hydrogen) atoms. The van der Waals surface area contributed by atoms with Crippen molar-refractivity contribution in [1.82, 2.24) is 5.32 Å². The molecule has 0 radical (unpaired) electrons. The van der Waals surface area contributed by atoms with Crippen LogP contribution in [0.15, 0.2) is 24.3 Å². The monoisotopic (exact) mass is 205 g/mol. The first-order valence-corrected chi connectivity index (χ1v) is 5.78. The van der Waals surface area contributed by atoms with Crippen LogP contribution in [0, 0.1) is 0 Å². The molecule has 1 unspecified atom stereocenters. The molecule has 1 atom stereocenters. The van der Waals surface area contributed by atoms with Gasteiger partial charge >= 0.3 is 0 Å². The van der Waals surface area contributed by atoms with E-state index in [-0.39, 0.29) is 0 Å². The minimum atomic E-state index is 0.345. The number of phenolic OH excluding ortho intramolecular Hbond substituents is 1. The molecule has 1 aliphatic carbocycles. The second kappa shape index (κ2) is 4.67. The van der Waals surface area contributed by atoms with E-state index in [2.05, 4.69) is 12.2 Å². The lowest BCUT2D eigenvalue weighted by molar-refractivity contribution is 0.334. The van der Waals surface area contributed by atoms with Crippen LogP contribution in [0.4, 0.5) is 0 Å². The zero-order valence-electron chi connectivity index (χ0n) is 9.24. The Labute approximate surface area is 91.3 Å². The molecule has 1 aromatic carbocycles. The summed E-state index contributed by atoms with van der Waals surface area (Å²) in [6, 6.07) is 8.28. The molecule has 82 valence electrons. The van der Waals surface area contributed by atoms with Gasteiger partial charge in [-0.05, 0) is 36.5 Å². The predicted molar refractivity (Wildman–Crippen MR) is 62.2 cm³/mol. The topological polar surface area (TPSA) is 32.3 Å². The van der Waals surface area contributed by atoms with Gasteiger partial charge < -0.3 is 10.4 Å². The molecule has 0 aliphatic heterocycles. The van der Waals surface area contributed by atoms with E-state index in [1.165, 1.54) is 24.8 Å². The summed E-state index contributed by atoms with van der Waals surface area (Å²) in [5.74, 6) is 0.865. The van der Waals surface area contributed by atoms with Gasteiger partial charge in [0.2, 0.25) is 0 Å². The van der Waals surface area contributed by atoms with E-state index in [0.717, 1.165) is 12.6 Å². The van der Waals surface area contributed by atoms with Gasteiger partial charge in [0, 0.05) is 12.6 Å². The summed E-state index contributed by atoms with van der Waals surface area (Å²) in [6.45, 7) is 3.26. The fourth-order valence-corrected chi connectivity index (χ4v) is 1.88. The third-order valence-corrected chi connectivity index (χ3v) is 3.28. The van der Waals surface area contributed by atoms with Gasteiger partial charge in [0.1, 0.15) is 5.75 Å². The normalized spacial score (nSPS) is 18.5. The maximum Gasteiger partial charge on any atom is 0.115 e. The highest BCUT2D eigenvalue weighted by Gasteiger charge is 2.17. The highest BCUT2D eigenvalue weighted by atomic mass is 16.3. The van der Waals surface area contributed by atoms with Crippen molar-refractivity contribution in [1.29, 1.82) is 0 Å². The van der Waals surface area contributed by atoms with Gasteiger partial charge in [0.05, 0.1) is 0 Å². The summed E-state index contributed by atoms with van der Waals surface area (Å²) >= 11 is 0. The van der Waals surface area contributed by atoms with Crippen LogP contribution in [0.25, 0.3) is 0 Å². The number of nitrogens with one attached hydrogen (secondary N) is 1. The van der Waals surface area contributed by atoms with E-state index in [1.807, 2.05) is 12.1 Å². The molecule has 1 saturated carbocycles.